The monoisotopic (exact) mass is 374 g/mol. The summed E-state index contributed by atoms with van der Waals surface area (Å²) in [5, 5.41) is 2.05. The van der Waals surface area contributed by atoms with Gasteiger partial charge in [-0.25, -0.2) is 4.98 Å². The second-order valence-corrected chi connectivity index (χ2v) is 7.38. The van der Waals surface area contributed by atoms with Gasteiger partial charge < -0.3 is 19.2 Å². The van der Waals surface area contributed by atoms with E-state index in [0.717, 1.165) is 22.3 Å². The molecule has 1 N–H and O–H groups in total. The normalized spacial score (nSPS) is 14.9. The van der Waals surface area contributed by atoms with Crippen LogP contribution in [0.2, 0.25) is 0 Å². The van der Waals surface area contributed by atoms with E-state index in [2.05, 4.69) is 52.9 Å². The first-order valence-corrected chi connectivity index (χ1v) is 9.52. The van der Waals surface area contributed by atoms with Crippen LogP contribution in [-0.2, 0) is 11.8 Å². The van der Waals surface area contributed by atoms with Crippen molar-refractivity contribution in [1.29, 1.82) is 0 Å². The van der Waals surface area contributed by atoms with Crippen molar-refractivity contribution in [3.63, 3.8) is 0 Å². The first-order valence-electron chi connectivity index (χ1n) is 9.52. The van der Waals surface area contributed by atoms with Gasteiger partial charge in [-0.15, -0.1) is 0 Å². The molecule has 5 rings (SSSR count). The molecule has 28 heavy (non-hydrogen) atoms. The van der Waals surface area contributed by atoms with Gasteiger partial charge in [-0.3, -0.25) is 4.79 Å². The molecule has 6 nitrogen and oxygen atoms in total. The van der Waals surface area contributed by atoms with Gasteiger partial charge in [0.05, 0.1) is 18.8 Å². The average Bonchev–Trinajstić information content (AvgIpc) is 3.29. The molecule has 1 fully saturated rings. The lowest BCUT2D eigenvalue weighted by atomic mass is 10.1. The summed E-state index contributed by atoms with van der Waals surface area (Å²) < 4.78 is 7.50. The highest BCUT2D eigenvalue weighted by Gasteiger charge is 2.22. The molecule has 0 aliphatic carbocycles. The molecule has 1 aromatic carbocycles. The predicted octanol–water partition coefficient (Wildman–Crippen LogP) is 3.50. The second-order valence-electron chi connectivity index (χ2n) is 7.38. The molecule has 0 saturated carbocycles. The third-order valence-electron chi connectivity index (χ3n) is 5.50. The highest BCUT2D eigenvalue weighted by atomic mass is 16.5. The van der Waals surface area contributed by atoms with E-state index >= 15 is 0 Å². The van der Waals surface area contributed by atoms with Crippen LogP contribution in [0.25, 0.3) is 33.2 Å². The molecule has 3 aromatic heterocycles. The van der Waals surface area contributed by atoms with E-state index in [-0.39, 0.29) is 5.91 Å². The third-order valence-corrected chi connectivity index (χ3v) is 5.50. The van der Waals surface area contributed by atoms with E-state index in [4.69, 9.17) is 4.74 Å². The van der Waals surface area contributed by atoms with Crippen LogP contribution >= 0.6 is 0 Å². The quantitative estimate of drug-likeness (QED) is 0.584. The van der Waals surface area contributed by atoms with Gasteiger partial charge >= 0.3 is 0 Å². The molecule has 1 amide bonds. The number of amides is 1. The zero-order valence-electron chi connectivity index (χ0n) is 16.0. The minimum absolute atomic E-state index is 0.0371. The van der Waals surface area contributed by atoms with Crippen molar-refractivity contribution in [2.45, 2.75) is 6.92 Å². The highest BCUT2D eigenvalue weighted by Crippen LogP contribution is 2.33. The Kier molecular flexibility index (Phi) is 3.94. The number of aryl methyl sites for hydroxylation is 2. The zero-order chi connectivity index (χ0) is 19.3. The van der Waals surface area contributed by atoms with Crippen molar-refractivity contribution in [2.24, 2.45) is 7.05 Å². The van der Waals surface area contributed by atoms with Crippen LogP contribution < -0.4 is 0 Å². The molecular formula is C22H22N4O2. The fraction of sp³-hybridized carbons (Fsp3) is 0.273. The maximum atomic E-state index is 13.0. The largest absolute Gasteiger partial charge is 0.378 e. The van der Waals surface area contributed by atoms with E-state index in [1.165, 1.54) is 16.5 Å². The molecule has 0 atom stereocenters. The molecule has 0 unspecified atom stereocenters. The number of fused-ring (bicyclic) bond motifs is 2. The number of H-pyrrole nitrogens is 1. The molecule has 0 radical (unpaired) electrons. The molecule has 4 heterocycles. The Balaban J connectivity index is 1.63. The number of ether oxygens (including phenoxy) is 1. The Hall–Kier alpha value is -3.12. The summed E-state index contributed by atoms with van der Waals surface area (Å²) in [6.45, 7) is 4.54. The topological polar surface area (TPSA) is 63.2 Å². The second kappa shape index (κ2) is 6.49. The summed E-state index contributed by atoms with van der Waals surface area (Å²) in [4.78, 5) is 22.8. The van der Waals surface area contributed by atoms with Crippen LogP contribution in [0.1, 0.15) is 15.9 Å². The zero-order valence-corrected chi connectivity index (χ0v) is 16.0. The number of rotatable bonds is 2. The molecule has 4 aromatic rings. The van der Waals surface area contributed by atoms with E-state index in [9.17, 15) is 4.79 Å². The number of nitrogens with one attached hydrogen (secondary N) is 1. The SMILES string of the molecule is Cc1ccc2c(c1)c(-c1cc3c(C(=O)N4CCOCC4)ccnc3[nH]1)cn2C. The first-order chi connectivity index (χ1) is 13.6. The van der Waals surface area contributed by atoms with Crippen molar-refractivity contribution >= 4 is 27.8 Å². The van der Waals surface area contributed by atoms with Crippen molar-refractivity contribution in [2.75, 3.05) is 26.3 Å². The van der Waals surface area contributed by atoms with E-state index in [0.29, 0.717) is 31.9 Å². The van der Waals surface area contributed by atoms with Gasteiger partial charge in [-0.1, -0.05) is 11.6 Å². The van der Waals surface area contributed by atoms with E-state index < -0.39 is 0 Å². The summed E-state index contributed by atoms with van der Waals surface area (Å²) >= 11 is 0. The van der Waals surface area contributed by atoms with Gasteiger partial charge in [0.15, 0.2) is 0 Å². The molecular weight excluding hydrogens is 352 g/mol. The first kappa shape index (κ1) is 17.0. The van der Waals surface area contributed by atoms with Crippen molar-refractivity contribution in [3.05, 3.63) is 53.9 Å². The van der Waals surface area contributed by atoms with E-state index in [1.54, 1.807) is 6.20 Å². The molecule has 142 valence electrons. The number of carbonyl (C=O) groups is 1. The van der Waals surface area contributed by atoms with Crippen LogP contribution in [0.3, 0.4) is 0 Å². The summed E-state index contributed by atoms with van der Waals surface area (Å²) in [6.07, 6.45) is 3.82. The molecule has 1 saturated heterocycles. The number of morpholine rings is 1. The summed E-state index contributed by atoms with van der Waals surface area (Å²) in [6, 6.07) is 10.3. The lowest BCUT2D eigenvalue weighted by Crippen LogP contribution is -2.40. The van der Waals surface area contributed by atoms with Crippen molar-refractivity contribution in [1.82, 2.24) is 19.4 Å². The lowest BCUT2D eigenvalue weighted by Gasteiger charge is -2.27. The van der Waals surface area contributed by atoms with Gasteiger partial charge in [0.25, 0.3) is 5.91 Å². The number of benzene rings is 1. The number of pyridine rings is 1. The fourth-order valence-corrected chi connectivity index (χ4v) is 4.02. The van der Waals surface area contributed by atoms with Crippen molar-refractivity contribution in [3.8, 4) is 11.3 Å². The minimum atomic E-state index is 0.0371. The molecule has 1 aliphatic rings. The fourth-order valence-electron chi connectivity index (χ4n) is 4.02. The Morgan fingerprint density at radius 1 is 1.14 bits per heavy atom. The van der Waals surface area contributed by atoms with Gasteiger partial charge in [0, 0.05) is 60.1 Å². The number of hydrogen-bond donors (Lipinski definition) is 1. The number of aromatic nitrogens is 3. The van der Waals surface area contributed by atoms with Gasteiger partial charge in [0.2, 0.25) is 0 Å². The Bertz CT molecular complexity index is 1200. The number of carbonyl (C=O) groups excluding carboxylic acids is 1. The third kappa shape index (κ3) is 2.68. The maximum Gasteiger partial charge on any atom is 0.254 e. The molecule has 0 bridgehead atoms. The lowest BCUT2D eigenvalue weighted by molar-refractivity contribution is 0.0304. The van der Waals surface area contributed by atoms with Gasteiger partial charge in [0.1, 0.15) is 5.65 Å². The van der Waals surface area contributed by atoms with Crippen molar-refractivity contribution < 1.29 is 9.53 Å². The Labute approximate surface area is 162 Å². The molecule has 6 heteroatoms. The van der Waals surface area contributed by atoms with Gasteiger partial charge in [-0.2, -0.15) is 0 Å². The standard InChI is InChI=1S/C22H22N4O2/c1-14-3-4-20-16(11-14)18(13-25(20)2)19-12-17-15(5-6-23-21(17)24-19)22(27)26-7-9-28-10-8-26/h3-6,11-13H,7-10H2,1-2H3,(H,23,24). The van der Waals surface area contributed by atoms with Crippen LogP contribution in [-0.4, -0.2) is 51.6 Å². The van der Waals surface area contributed by atoms with Crippen LogP contribution in [0.5, 0.6) is 0 Å². The smallest absolute Gasteiger partial charge is 0.254 e. The minimum Gasteiger partial charge on any atom is -0.378 e. The summed E-state index contributed by atoms with van der Waals surface area (Å²) in [7, 11) is 2.05. The maximum absolute atomic E-state index is 13.0. The summed E-state index contributed by atoms with van der Waals surface area (Å²) in [5.41, 5.74) is 5.91. The average molecular weight is 374 g/mol. The van der Waals surface area contributed by atoms with Crippen LogP contribution in [0, 0.1) is 6.92 Å². The number of hydrogen-bond acceptors (Lipinski definition) is 3. The molecule has 0 spiro atoms. The number of aromatic amines is 1. The van der Waals surface area contributed by atoms with Crippen LogP contribution in [0.15, 0.2) is 42.7 Å². The Morgan fingerprint density at radius 2 is 1.96 bits per heavy atom. The van der Waals surface area contributed by atoms with Gasteiger partial charge in [-0.05, 0) is 31.2 Å². The van der Waals surface area contributed by atoms with Crippen LogP contribution in [0.4, 0.5) is 0 Å². The predicted molar refractivity (Wildman–Crippen MR) is 109 cm³/mol. The highest BCUT2D eigenvalue weighted by molar-refractivity contribution is 6.07. The summed E-state index contributed by atoms with van der Waals surface area (Å²) in [5.74, 6) is 0.0371. The Morgan fingerprint density at radius 3 is 2.79 bits per heavy atom. The number of nitrogens with zero attached hydrogens (tertiary/aromatic N) is 3. The van der Waals surface area contributed by atoms with E-state index in [1.807, 2.05) is 17.0 Å². The molecule has 1 aliphatic heterocycles.